The van der Waals surface area contributed by atoms with Crippen molar-refractivity contribution in [1.82, 2.24) is 20.2 Å². The number of carbonyl (C=O) groups is 1. The maximum Gasteiger partial charge on any atom is 0.416 e. The van der Waals surface area contributed by atoms with Crippen LogP contribution >= 0.6 is 12.4 Å². The predicted octanol–water partition coefficient (Wildman–Crippen LogP) is 7.08. The number of rotatable bonds is 10. The molecule has 1 heterocycles. The number of benzene rings is 2. The Morgan fingerprint density at radius 3 is 2.04 bits per heavy atom. The van der Waals surface area contributed by atoms with Gasteiger partial charge in [0.15, 0.2) is 0 Å². The second kappa shape index (κ2) is 14.1. The highest BCUT2D eigenvalue weighted by Gasteiger charge is 2.37. The minimum absolute atomic E-state index is 0. The van der Waals surface area contributed by atoms with Crippen molar-refractivity contribution in [3.8, 4) is 0 Å². The number of aryl methyl sites for hydroxylation is 3. The third kappa shape index (κ3) is 8.23. The van der Waals surface area contributed by atoms with Gasteiger partial charge in [-0.15, -0.1) is 17.5 Å². The largest absolute Gasteiger partial charge is 0.481 e. The van der Waals surface area contributed by atoms with Crippen molar-refractivity contribution in [2.24, 2.45) is 18.9 Å². The number of fused-ring (bicyclic) bond motifs is 1. The fourth-order valence-electron chi connectivity index (χ4n) is 6.52. The number of nitrogens with zero attached hydrogens (tertiary/aromatic N) is 6. The lowest BCUT2D eigenvalue weighted by Gasteiger charge is -2.34. The number of hydrogen-bond acceptors (Lipinski definition) is 6. The summed E-state index contributed by atoms with van der Waals surface area (Å²) in [5.41, 5.74) is 1.23. The van der Waals surface area contributed by atoms with E-state index in [9.17, 15) is 36.2 Å². The standard InChI is InChI=1S/C31H36F6N6O2.ClH/c1-3-42(16-19-7-9-21(10-8-19)28(44)45)27-14-23-6-4-5-22(23)13-24(27)18-43(29-38-40-41(2)39-29)17-20-11-25(30(32,33)34)15-26(12-20)31(35,36)37;/h11-15,19,21H,3-10,16-18H2,1-2H3,(H,44,45);1H/t19-,21-;. The highest BCUT2D eigenvalue weighted by atomic mass is 35.5. The van der Waals surface area contributed by atoms with Crippen LogP contribution in [0.5, 0.6) is 0 Å². The van der Waals surface area contributed by atoms with Crippen molar-refractivity contribution in [2.75, 3.05) is 22.9 Å². The first kappa shape index (κ1) is 35.3. The zero-order valence-electron chi connectivity index (χ0n) is 25.5. The molecule has 0 saturated heterocycles. The molecule has 46 heavy (non-hydrogen) atoms. The third-order valence-corrected chi connectivity index (χ3v) is 8.85. The lowest BCUT2D eigenvalue weighted by molar-refractivity contribution is -0.144. The molecule has 8 nitrogen and oxygen atoms in total. The van der Waals surface area contributed by atoms with Crippen LogP contribution in [0.4, 0.5) is 38.0 Å². The molecule has 5 rings (SSSR count). The molecule has 0 amide bonds. The van der Waals surface area contributed by atoms with Gasteiger partial charge in [-0.05, 0) is 110 Å². The Morgan fingerprint density at radius 2 is 1.52 bits per heavy atom. The zero-order valence-corrected chi connectivity index (χ0v) is 26.4. The predicted molar refractivity (Wildman–Crippen MR) is 162 cm³/mol. The van der Waals surface area contributed by atoms with Crippen LogP contribution in [0.3, 0.4) is 0 Å². The molecule has 1 aromatic heterocycles. The van der Waals surface area contributed by atoms with Gasteiger partial charge in [0.25, 0.3) is 5.95 Å². The summed E-state index contributed by atoms with van der Waals surface area (Å²) >= 11 is 0. The van der Waals surface area contributed by atoms with Crippen molar-refractivity contribution < 1.29 is 36.2 Å². The van der Waals surface area contributed by atoms with Gasteiger partial charge in [0.05, 0.1) is 24.1 Å². The molecular formula is C31H37ClF6N6O2. The van der Waals surface area contributed by atoms with Crippen molar-refractivity contribution in [3.05, 3.63) is 63.7 Å². The Balaban J connectivity index is 0.00000480. The number of halogens is 7. The molecular weight excluding hydrogens is 638 g/mol. The Morgan fingerprint density at radius 1 is 0.913 bits per heavy atom. The molecule has 1 saturated carbocycles. The second-order valence-electron chi connectivity index (χ2n) is 12.0. The van der Waals surface area contributed by atoms with Crippen molar-refractivity contribution >= 4 is 30.0 Å². The molecule has 2 aromatic carbocycles. The fraction of sp³-hybridized carbons (Fsp3) is 0.548. The molecule has 0 radical (unpaired) electrons. The first-order chi connectivity index (χ1) is 21.2. The van der Waals surface area contributed by atoms with Gasteiger partial charge < -0.3 is 14.9 Å². The van der Waals surface area contributed by atoms with Crippen molar-refractivity contribution in [1.29, 1.82) is 0 Å². The van der Waals surface area contributed by atoms with E-state index in [2.05, 4.69) is 32.4 Å². The molecule has 0 bridgehead atoms. The summed E-state index contributed by atoms with van der Waals surface area (Å²) in [6.45, 7) is 3.20. The van der Waals surface area contributed by atoms with E-state index in [0.29, 0.717) is 31.8 Å². The number of hydrogen-bond donors (Lipinski definition) is 1. The summed E-state index contributed by atoms with van der Waals surface area (Å²) in [6, 6.07) is 5.81. The monoisotopic (exact) mass is 674 g/mol. The minimum atomic E-state index is -4.97. The molecule has 0 atom stereocenters. The van der Waals surface area contributed by atoms with Crippen LogP contribution in [-0.2, 0) is 50.1 Å². The fourth-order valence-corrected chi connectivity index (χ4v) is 6.52. The summed E-state index contributed by atoms with van der Waals surface area (Å²) in [5, 5.41) is 21.6. The molecule has 2 aliphatic carbocycles. The molecule has 15 heteroatoms. The van der Waals surface area contributed by atoms with Crippen molar-refractivity contribution in [2.45, 2.75) is 77.3 Å². The first-order valence-corrected chi connectivity index (χ1v) is 15.1. The van der Waals surface area contributed by atoms with Crippen LogP contribution in [0.2, 0.25) is 0 Å². The van der Waals surface area contributed by atoms with E-state index < -0.39 is 29.4 Å². The molecule has 2 aliphatic rings. The van der Waals surface area contributed by atoms with Crippen LogP contribution in [-0.4, -0.2) is 44.4 Å². The van der Waals surface area contributed by atoms with Crippen molar-refractivity contribution in [3.63, 3.8) is 0 Å². The highest BCUT2D eigenvalue weighted by Crippen LogP contribution is 2.38. The summed E-state index contributed by atoms with van der Waals surface area (Å²) in [4.78, 5) is 16.4. The minimum Gasteiger partial charge on any atom is -0.481 e. The molecule has 3 aromatic rings. The van der Waals surface area contributed by atoms with Gasteiger partial charge in [-0.3, -0.25) is 4.79 Å². The number of anilines is 2. The maximum absolute atomic E-state index is 13.7. The summed E-state index contributed by atoms with van der Waals surface area (Å²) in [7, 11) is 1.53. The van der Waals surface area contributed by atoms with Crippen LogP contribution in [0.15, 0.2) is 30.3 Å². The van der Waals surface area contributed by atoms with Gasteiger partial charge >= 0.3 is 18.3 Å². The molecule has 0 aliphatic heterocycles. The maximum atomic E-state index is 13.7. The lowest BCUT2D eigenvalue weighted by atomic mass is 9.81. The number of carboxylic acids is 1. The molecule has 252 valence electrons. The van der Waals surface area contributed by atoms with Gasteiger partial charge in [0, 0.05) is 31.9 Å². The quantitative estimate of drug-likeness (QED) is 0.230. The Hall–Kier alpha value is -3.55. The van der Waals surface area contributed by atoms with E-state index in [4.69, 9.17) is 0 Å². The number of aliphatic carboxylic acids is 1. The smallest absolute Gasteiger partial charge is 0.416 e. The third-order valence-electron chi connectivity index (χ3n) is 8.85. The summed E-state index contributed by atoms with van der Waals surface area (Å²) in [6.07, 6.45) is -4.32. The average Bonchev–Trinajstić information content (AvgIpc) is 3.63. The topological polar surface area (TPSA) is 87.4 Å². The van der Waals surface area contributed by atoms with E-state index in [1.54, 1.807) is 4.90 Å². The number of tetrazole rings is 1. The molecule has 0 spiro atoms. The molecule has 0 unspecified atom stereocenters. The van der Waals surface area contributed by atoms with Gasteiger partial charge in [-0.1, -0.05) is 11.2 Å². The normalized spacial score (nSPS) is 18.2. The Kier molecular flexibility index (Phi) is 10.8. The SMILES string of the molecule is CCN(C[C@H]1CC[C@H](C(=O)O)CC1)c1cc2c(cc1CN(Cc1cc(C(F)(F)F)cc(C(F)(F)F)c1)c1nnn(C)n1)CCC2.Cl. The summed E-state index contributed by atoms with van der Waals surface area (Å²) < 4.78 is 81.9. The Bertz CT molecular complexity index is 1490. The summed E-state index contributed by atoms with van der Waals surface area (Å²) in [5.74, 6) is -0.716. The molecule has 1 fully saturated rings. The van der Waals surface area contributed by atoms with E-state index in [-0.39, 0.29) is 49.0 Å². The number of aromatic nitrogens is 4. The highest BCUT2D eigenvalue weighted by molar-refractivity contribution is 5.85. The van der Waals surface area contributed by atoms with Crippen LogP contribution in [0.1, 0.15) is 72.4 Å². The van der Waals surface area contributed by atoms with Gasteiger partial charge in [0.2, 0.25) is 0 Å². The van der Waals surface area contributed by atoms with Crippen LogP contribution in [0.25, 0.3) is 0 Å². The van der Waals surface area contributed by atoms with Gasteiger partial charge in [-0.2, -0.15) is 31.1 Å². The zero-order chi connectivity index (χ0) is 32.5. The second-order valence-corrected chi connectivity index (χ2v) is 12.0. The van der Waals surface area contributed by atoms with Gasteiger partial charge in [-0.25, -0.2) is 0 Å². The van der Waals surface area contributed by atoms with Crippen LogP contribution < -0.4 is 9.80 Å². The first-order valence-electron chi connectivity index (χ1n) is 15.1. The van der Waals surface area contributed by atoms with Crippen LogP contribution in [0, 0.1) is 11.8 Å². The van der Waals surface area contributed by atoms with E-state index in [1.807, 2.05) is 6.92 Å². The van der Waals surface area contributed by atoms with E-state index >= 15 is 0 Å². The van der Waals surface area contributed by atoms with Gasteiger partial charge in [0.1, 0.15) is 0 Å². The Labute approximate surface area is 269 Å². The van der Waals surface area contributed by atoms with E-state index in [1.165, 1.54) is 17.4 Å². The lowest BCUT2D eigenvalue weighted by Crippen LogP contribution is -2.34. The van der Waals surface area contributed by atoms with E-state index in [0.717, 1.165) is 61.1 Å². The number of alkyl halides is 6. The number of carboxylic acid groups (broad SMARTS) is 1. The molecule has 1 N–H and O–H groups in total. The average molecular weight is 675 g/mol.